The number of likely N-dealkylation sites (tertiary alicyclic amines) is 3. The maximum atomic E-state index is 12.3. The Morgan fingerprint density at radius 2 is 0.877 bits per heavy atom. The zero-order valence-electron chi connectivity index (χ0n) is 44.9. The lowest BCUT2D eigenvalue weighted by molar-refractivity contribution is -0.134. The smallest absolute Gasteiger partial charge is 0.222 e. The number of amides is 3. The van der Waals surface area contributed by atoms with Crippen molar-refractivity contribution in [2.24, 2.45) is 0 Å². The van der Waals surface area contributed by atoms with Crippen LogP contribution in [0.3, 0.4) is 0 Å². The molecule has 0 aliphatic carbocycles. The van der Waals surface area contributed by atoms with Gasteiger partial charge in [0.05, 0.1) is 20.1 Å². The fourth-order valence-corrected chi connectivity index (χ4v) is 13.5. The van der Waals surface area contributed by atoms with E-state index in [4.69, 9.17) is 46.4 Å². The molecule has 6 aliphatic heterocycles. The molecule has 0 aromatic heterocycles. The zero-order valence-corrected chi connectivity index (χ0v) is 48.0. The lowest BCUT2D eigenvalue weighted by Crippen LogP contribution is -2.43. The summed E-state index contributed by atoms with van der Waals surface area (Å²) in [5, 5.41) is 2.49. The van der Waals surface area contributed by atoms with Crippen LogP contribution in [0.4, 0.5) is 0 Å². The van der Waals surface area contributed by atoms with E-state index >= 15 is 0 Å². The van der Waals surface area contributed by atoms with Crippen LogP contribution in [-0.2, 0) is 14.4 Å². The van der Waals surface area contributed by atoms with Crippen molar-refractivity contribution in [1.82, 2.24) is 29.4 Å². The number of hydrogen-bond donors (Lipinski definition) is 0. The molecule has 9 nitrogen and oxygen atoms in total. The van der Waals surface area contributed by atoms with Crippen molar-refractivity contribution in [2.75, 3.05) is 58.9 Å². The molecule has 13 heteroatoms. The number of hydrogen-bond acceptors (Lipinski definition) is 6. The third-order valence-electron chi connectivity index (χ3n) is 17.5. The van der Waals surface area contributed by atoms with E-state index in [0.717, 1.165) is 97.4 Å². The quantitative estimate of drug-likeness (QED) is 0.151. The van der Waals surface area contributed by atoms with Crippen molar-refractivity contribution in [2.45, 2.75) is 192 Å². The highest BCUT2D eigenvalue weighted by molar-refractivity contribution is 6.42. The Hall–Kier alpha value is -2.89. The Balaban J connectivity index is 0.000000160. The van der Waals surface area contributed by atoms with E-state index in [9.17, 15) is 14.4 Å². The summed E-state index contributed by atoms with van der Waals surface area (Å²) in [7, 11) is 0. The molecule has 6 heterocycles. The summed E-state index contributed by atoms with van der Waals surface area (Å²) in [5.74, 6) is 2.49. The lowest BCUT2D eigenvalue weighted by Gasteiger charge is -2.29. The number of benzene rings is 3. The molecular formula is C60H86Cl4N6O3. The van der Waals surface area contributed by atoms with Crippen molar-refractivity contribution < 1.29 is 14.4 Å². The van der Waals surface area contributed by atoms with Gasteiger partial charge >= 0.3 is 0 Å². The predicted octanol–water partition coefficient (Wildman–Crippen LogP) is 13.6. The zero-order chi connectivity index (χ0) is 52.2. The van der Waals surface area contributed by atoms with Gasteiger partial charge in [-0.1, -0.05) is 130 Å². The summed E-state index contributed by atoms with van der Waals surface area (Å²) in [5.41, 5.74) is 3.93. The molecule has 0 radical (unpaired) electrons. The largest absolute Gasteiger partial charge is 0.341 e. The first-order valence-electron chi connectivity index (χ1n) is 28.2. The van der Waals surface area contributed by atoms with Crippen LogP contribution >= 0.6 is 46.4 Å². The summed E-state index contributed by atoms with van der Waals surface area (Å²) in [4.78, 5) is 50.9. The normalized spacial score (nSPS) is 25.4. The van der Waals surface area contributed by atoms with Crippen LogP contribution in [0, 0.1) is 0 Å². The molecule has 3 aromatic rings. The van der Waals surface area contributed by atoms with Crippen LogP contribution < -0.4 is 0 Å². The van der Waals surface area contributed by atoms with Crippen LogP contribution in [0.15, 0.2) is 66.7 Å². The second-order valence-corrected chi connectivity index (χ2v) is 23.8. The molecule has 73 heavy (non-hydrogen) atoms. The molecule has 6 aliphatic rings. The van der Waals surface area contributed by atoms with Crippen LogP contribution in [0.2, 0.25) is 20.1 Å². The number of halogens is 4. The summed E-state index contributed by atoms with van der Waals surface area (Å²) >= 11 is 24.4. The number of carbonyl (C=O) groups is 3. The van der Waals surface area contributed by atoms with Crippen LogP contribution in [0.25, 0.3) is 0 Å². The highest BCUT2D eigenvalue weighted by Gasteiger charge is 2.41. The first-order chi connectivity index (χ1) is 35.2. The molecule has 3 aromatic carbocycles. The average molecular weight is 1080 g/mol. The van der Waals surface area contributed by atoms with E-state index in [2.05, 4.69) is 92.6 Å². The van der Waals surface area contributed by atoms with Gasteiger partial charge in [-0.25, -0.2) is 0 Å². The van der Waals surface area contributed by atoms with Gasteiger partial charge in [-0.15, -0.1) is 0 Å². The molecule has 6 bridgehead atoms. The second-order valence-electron chi connectivity index (χ2n) is 22.2. The van der Waals surface area contributed by atoms with Crippen molar-refractivity contribution in [3.63, 3.8) is 0 Å². The topological polar surface area (TPSA) is 70.7 Å². The third-order valence-corrected chi connectivity index (χ3v) is 19.0. The molecule has 402 valence electrons. The van der Waals surface area contributed by atoms with Crippen molar-refractivity contribution in [3.05, 3.63) is 104 Å². The summed E-state index contributed by atoms with van der Waals surface area (Å²) in [6.07, 6.45) is 15.9. The van der Waals surface area contributed by atoms with Gasteiger partial charge in [-0.2, -0.15) is 0 Å². The highest BCUT2D eigenvalue weighted by Crippen LogP contribution is 2.36. The van der Waals surface area contributed by atoms with E-state index in [-0.39, 0.29) is 0 Å². The van der Waals surface area contributed by atoms with Gasteiger partial charge in [-0.05, 0) is 155 Å². The summed E-state index contributed by atoms with van der Waals surface area (Å²) in [6.45, 7) is 22.2. The Kier molecular flexibility index (Phi) is 22.1. The van der Waals surface area contributed by atoms with E-state index in [0.29, 0.717) is 111 Å². The molecule has 6 fully saturated rings. The van der Waals surface area contributed by atoms with Gasteiger partial charge in [0.2, 0.25) is 17.7 Å². The molecule has 0 saturated carbocycles. The maximum Gasteiger partial charge on any atom is 0.222 e. The Bertz CT molecular complexity index is 2250. The molecule has 6 saturated heterocycles. The molecule has 3 amide bonds. The van der Waals surface area contributed by atoms with E-state index in [1.54, 1.807) is 0 Å². The van der Waals surface area contributed by atoms with Crippen LogP contribution in [0.1, 0.15) is 172 Å². The fraction of sp³-hybridized carbons (Fsp3) is 0.650. The van der Waals surface area contributed by atoms with Gasteiger partial charge in [0.15, 0.2) is 0 Å². The number of rotatable bonds is 15. The minimum atomic E-state index is 0.302. The van der Waals surface area contributed by atoms with E-state index in [1.807, 2.05) is 45.0 Å². The third kappa shape index (κ3) is 15.4. The molecule has 9 rings (SSSR count). The van der Waals surface area contributed by atoms with Crippen molar-refractivity contribution in [1.29, 1.82) is 0 Å². The van der Waals surface area contributed by atoms with Crippen LogP contribution in [0.5, 0.6) is 0 Å². The van der Waals surface area contributed by atoms with Gasteiger partial charge in [0.25, 0.3) is 0 Å². The summed E-state index contributed by atoms with van der Waals surface area (Å²) < 4.78 is 0. The van der Waals surface area contributed by atoms with Gasteiger partial charge < -0.3 is 24.5 Å². The lowest BCUT2D eigenvalue weighted by atomic mass is 9.97. The van der Waals surface area contributed by atoms with Crippen molar-refractivity contribution in [3.8, 4) is 0 Å². The first-order valence-corrected chi connectivity index (χ1v) is 29.7. The van der Waals surface area contributed by atoms with E-state index in [1.165, 1.54) is 55.2 Å². The SMILES string of the molecule is CCC(=O)N1C2CCC1CN(CCC(C)c1ccc(Cl)c(Cl)c1)CC2.CCC(=O)N1C2CCC1CN(CCC(C)c1ccccc1)CC2.CCC(=O)N1CCC2CCC(C1)N2CCC(C)c1ccc(Cl)c(Cl)c1. The van der Waals surface area contributed by atoms with Crippen molar-refractivity contribution >= 4 is 64.1 Å². The molecular weight excluding hydrogens is 995 g/mol. The average Bonchev–Trinajstić information content (AvgIpc) is 3.99. The number of nitrogens with zero attached hydrogens (tertiary/aromatic N) is 6. The minimum absolute atomic E-state index is 0.302. The predicted molar refractivity (Wildman–Crippen MR) is 303 cm³/mol. The maximum absolute atomic E-state index is 12.3. The summed E-state index contributed by atoms with van der Waals surface area (Å²) in [6, 6.07) is 25.7. The van der Waals surface area contributed by atoms with Gasteiger partial charge in [-0.3, -0.25) is 19.3 Å². The monoisotopic (exact) mass is 1080 g/mol. The Labute approximate surface area is 459 Å². The second kappa shape index (κ2) is 27.9. The molecule has 0 N–H and O–H groups in total. The standard InChI is InChI=1S/2C20H28Cl2N2O.C20H30N2O/c1-3-20(25)23-10-9-16-5-6-17(13-23)24(16)11-8-14(2)15-4-7-18(21)19(22)12-15;1-3-20(25)24-16-5-6-17(24)13-23(11-9-16)10-8-14(2)15-4-7-18(21)19(22)12-15;1-3-20(23)22-18-9-10-19(22)15-21(14-12-18)13-11-16(2)17-7-5-4-6-8-17/h2*4,7,12,14,16-17H,3,5-6,8-11,13H2,1-2H3;4-8,16,18-19H,3,9-15H2,1-2H3. The number of carbonyl (C=O) groups excluding carboxylic acids is 3. The molecule has 0 spiro atoms. The minimum Gasteiger partial charge on any atom is -0.341 e. The van der Waals surface area contributed by atoms with Crippen LogP contribution in [-0.4, -0.2) is 142 Å². The number of fused-ring (bicyclic) bond motifs is 6. The van der Waals surface area contributed by atoms with Gasteiger partial charge in [0, 0.05) is 94.8 Å². The first kappa shape index (κ1) is 57.8. The Morgan fingerprint density at radius 1 is 0.452 bits per heavy atom. The molecule has 9 atom stereocenters. The molecule has 9 unspecified atom stereocenters. The highest BCUT2D eigenvalue weighted by atomic mass is 35.5. The van der Waals surface area contributed by atoms with Gasteiger partial charge in [0.1, 0.15) is 0 Å². The Morgan fingerprint density at radius 3 is 1.36 bits per heavy atom. The van der Waals surface area contributed by atoms with E-state index < -0.39 is 0 Å². The fourth-order valence-electron chi connectivity index (χ4n) is 12.9.